The zero-order valence-corrected chi connectivity index (χ0v) is 20.4. The van der Waals surface area contributed by atoms with Crippen LogP contribution in [0.15, 0.2) is 53.6 Å². The second-order valence-corrected chi connectivity index (χ2v) is 10.7. The lowest BCUT2D eigenvalue weighted by Crippen LogP contribution is -2.54. The number of fused-ring (bicyclic) bond motifs is 1. The quantitative estimate of drug-likeness (QED) is 0.592. The minimum Gasteiger partial charge on any atom is -0.324 e. The molecule has 0 aliphatic carbocycles. The van der Waals surface area contributed by atoms with Gasteiger partial charge in [-0.2, -0.15) is 4.31 Å². The number of benzene rings is 2. The van der Waals surface area contributed by atoms with Crippen molar-refractivity contribution in [3.05, 3.63) is 64.8 Å². The summed E-state index contributed by atoms with van der Waals surface area (Å²) in [7, 11) is -3.70. The van der Waals surface area contributed by atoms with E-state index in [1.165, 1.54) is 4.31 Å². The highest BCUT2D eigenvalue weighted by Crippen LogP contribution is 2.26. The van der Waals surface area contributed by atoms with Gasteiger partial charge in [0.1, 0.15) is 4.90 Å². The summed E-state index contributed by atoms with van der Waals surface area (Å²) >= 11 is 6.15. The first kappa shape index (κ1) is 23.6. The van der Waals surface area contributed by atoms with Crippen LogP contribution in [0.3, 0.4) is 0 Å². The monoisotopic (exact) mass is 486 g/mol. The lowest BCUT2D eigenvalue weighted by atomic mass is 10.1. The zero-order valence-electron chi connectivity index (χ0n) is 18.9. The molecule has 7 nitrogen and oxygen atoms in total. The molecule has 9 heteroatoms. The Morgan fingerprint density at radius 2 is 1.79 bits per heavy atom. The molecule has 0 radical (unpaired) electrons. The van der Waals surface area contributed by atoms with Crippen molar-refractivity contribution in [2.45, 2.75) is 31.7 Å². The summed E-state index contributed by atoms with van der Waals surface area (Å²) in [5, 5.41) is 4.33. The SMILES string of the molecule is Cc1cnc2c(S(=O)(=O)N3CCN(C(C)C(=O)Nc4cccc(Cl)c4C)CC3)cccc2c1. The van der Waals surface area contributed by atoms with Gasteiger partial charge in [0, 0.05) is 48.5 Å². The smallest absolute Gasteiger partial charge is 0.245 e. The number of hydrogen-bond donors (Lipinski definition) is 1. The molecule has 2 aromatic carbocycles. The minimum atomic E-state index is -3.70. The molecule has 2 heterocycles. The molecule has 4 rings (SSSR count). The molecule has 3 aromatic rings. The second kappa shape index (κ2) is 9.38. The maximum atomic E-state index is 13.4. The first-order valence-electron chi connectivity index (χ1n) is 10.8. The predicted octanol–water partition coefficient (Wildman–Crippen LogP) is 3.84. The summed E-state index contributed by atoms with van der Waals surface area (Å²) in [6, 6.07) is 12.1. The van der Waals surface area contributed by atoms with E-state index in [2.05, 4.69) is 10.3 Å². The van der Waals surface area contributed by atoms with Gasteiger partial charge in [0.25, 0.3) is 0 Å². The number of piperazine rings is 1. The molecular formula is C24H27ClN4O3S. The average molecular weight is 487 g/mol. The minimum absolute atomic E-state index is 0.148. The summed E-state index contributed by atoms with van der Waals surface area (Å²) in [6.07, 6.45) is 1.68. The number of aryl methyl sites for hydroxylation is 1. The topological polar surface area (TPSA) is 82.6 Å². The van der Waals surface area contributed by atoms with Gasteiger partial charge in [-0.25, -0.2) is 8.42 Å². The van der Waals surface area contributed by atoms with E-state index in [0.29, 0.717) is 42.4 Å². The fourth-order valence-corrected chi connectivity index (χ4v) is 5.83. The Hall–Kier alpha value is -2.52. The largest absolute Gasteiger partial charge is 0.324 e. The first-order chi connectivity index (χ1) is 15.7. The lowest BCUT2D eigenvalue weighted by molar-refractivity contribution is -0.121. The van der Waals surface area contributed by atoms with E-state index in [1.807, 2.05) is 43.9 Å². The number of carbonyl (C=O) groups is 1. The van der Waals surface area contributed by atoms with E-state index < -0.39 is 16.1 Å². The van der Waals surface area contributed by atoms with Crippen molar-refractivity contribution in [3.8, 4) is 0 Å². The second-order valence-electron chi connectivity index (χ2n) is 8.36. The number of amides is 1. The van der Waals surface area contributed by atoms with Gasteiger partial charge in [-0.3, -0.25) is 14.7 Å². The van der Waals surface area contributed by atoms with Crippen LogP contribution in [0.25, 0.3) is 10.9 Å². The molecule has 1 unspecified atom stereocenters. The summed E-state index contributed by atoms with van der Waals surface area (Å²) in [4.78, 5) is 19.4. The third-order valence-electron chi connectivity index (χ3n) is 6.15. The molecule has 1 N–H and O–H groups in total. The molecule has 1 saturated heterocycles. The highest BCUT2D eigenvalue weighted by molar-refractivity contribution is 7.89. The Morgan fingerprint density at radius 1 is 1.09 bits per heavy atom. The summed E-state index contributed by atoms with van der Waals surface area (Å²) in [5.74, 6) is -0.148. The van der Waals surface area contributed by atoms with Crippen LogP contribution in [0.1, 0.15) is 18.1 Å². The number of nitrogens with zero attached hydrogens (tertiary/aromatic N) is 3. The van der Waals surface area contributed by atoms with Gasteiger partial charge in [-0.1, -0.05) is 29.8 Å². The molecule has 1 fully saturated rings. The van der Waals surface area contributed by atoms with Crippen LogP contribution in [0.2, 0.25) is 5.02 Å². The van der Waals surface area contributed by atoms with Gasteiger partial charge in [-0.15, -0.1) is 0 Å². The van der Waals surface area contributed by atoms with Crippen molar-refractivity contribution >= 4 is 44.1 Å². The van der Waals surface area contributed by atoms with E-state index in [1.54, 1.807) is 30.5 Å². The molecule has 1 aliphatic rings. The van der Waals surface area contributed by atoms with Crippen molar-refractivity contribution in [1.82, 2.24) is 14.2 Å². The predicted molar refractivity (Wildman–Crippen MR) is 131 cm³/mol. The number of hydrogen-bond acceptors (Lipinski definition) is 5. The Morgan fingerprint density at radius 3 is 2.52 bits per heavy atom. The van der Waals surface area contributed by atoms with E-state index in [-0.39, 0.29) is 10.8 Å². The molecule has 0 spiro atoms. The van der Waals surface area contributed by atoms with Gasteiger partial charge in [0.05, 0.1) is 11.6 Å². The van der Waals surface area contributed by atoms with Crippen molar-refractivity contribution in [2.75, 3.05) is 31.5 Å². The third-order valence-corrected chi connectivity index (χ3v) is 8.49. The average Bonchev–Trinajstić information content (AvgIpc) is 2.81. The molecule has 1 atom stereocenters. The van der Waals surface area contributed by atoms with Crippen LogP contribution in [-0.4, -0.2) is 60.7 Å². The van der Waals surface area contributed by atoms with Crippen LogP contribution in [0.5, 0.6) is 0 Å². The highest BCUT2D eigenvalue weighted by atomic mass is 35.5. The van der Waals surface area contributed by atoms with Gasteiger partial charge in [0.15, 0.2) is 0 Å². The number of pyridine rings is 1. The van der Waals surface area contributed by atoms with Gasteiger partial charge in [0.2, 0.25) is 15.9 Å². The Kier molecular flexibility index (Phi) is 6.72. The van der Waals surface area contributed by atoms with Crippen molar-refractivity contribution in [3.63, 3.8) is 0 Å². The maximum Gasteiger partial charge on any atom is 0.245 e. The number of sulfonamides is 1. The first-order valence-corrected chi connectivity index (χ1v) is 12.7. The number of rotatable bonds is 5. The van der Waals surface area contributed by atoms with E-state index in [0.717, 1.165) is 16.5 Å². The summed E-state index contributed by atoms with van der Waals surface area (Å²) in [5.41, 5.74) is 2.95. The zero-order chi connectivity index (χ0) is 23.8. The van der Waals surface area contributed by atoms with E-state index >= 15 is 0 Å². The van der Waals surface area contributed by atoms with Gasteiger partial charge in [-0.05, 0) is 56.2 Å². The Labute approximate surface area is 199 Å². The van der Waals surface area contributed by atoms with Gasteiger partial charge < -0.3 is 5.32 Å². The third kappa shape index (κ3) is 4.75. The maximum absolute atomic E-state index is 13.4. The number of nitrogens with one attached hydrogen (secondary N) is 1. The molecule has 33 heavy (non-hydrogen) atoms. The Bertz CT molecular complexity index is 1300. The lowest BCUT2D eigenvalue weighted by Gasteiger charge is -2.36. The summed E-state index contributed by atoms with van der Waals surface area (Å²) in [6.45, 7) is 7.14. The molecule has 1 aromatic heterocycles. The fourth-order valence-electron chi connectivity index (χ4n) is 4.07. The van der Waals surface area contributed by atoms with Crippen LogP contribution < -0.4 is 5.32 Å². The van der Waals surface area contributed by atoms with Crippen molar-refractivity contribution < 1.29 is 13.2 Å². The van der Waals surface area contributed by atoms with Gasteiger partial charge >= 0.3 is 0 Å². The van der Waals surface area contributed by atoms with E-state index in [9.17, 15) is 13.2 Å². The number of anilines is 1. The van der Waals surface area contributed by atoms with Crippen LogP contribution in [0, 0.1) is 13.8 Å². The molecule has 1 aliphatic heterocycles. The standard InChI is InChI=1S/C24H27ClN4O3S/c1-16-14-19-6-4-9-22(23(19)26-15-16)33(31,32)29-12-10-28(11-13-29)18(3)24(30)27-21-8-5-7-20(25)17(21)2/h4-9,14-15,18H,10-13H2,1-3H3,(H,27,30). The number of carbonyl (C=O) groups excluding carboxylic acids is 1. The molecular weight excluding hydrogens is 460 g/mol. The highest BCUT2D eigenvalue weighted by Gasteiger charge is 2.33. The van der Waals surface area contributed by atoms with Crippen molar-refractivity contribution in [1.29, 1.82) is 0 Å². The fraction of sp³-hybridized carbons (Fsp3) is 0.333. The van der Waals surface area contributed by atoms with Crippen LogP contribution >= 0.6 is 11.6 Å². The number of aromatic nitrogens is 1. The number of para-hydroxylation sites is 1. The van der Waals surface area contributed by atoms with Crippen molar-refractivity contribution in [2.24, 2.45) is 0 Å². The number of halogens is 1. The summed E-state index contributed by atoms with van der Waals surface area (Å²) < 4.78 is 28.2. The van der Waals surface area contributed by atoms with Crippen LogP contribution in [0.4, 0.5) is 5.69 Å². The molecule has 174 valence electrons. The molecule has 0 saturated carbocycles. The molecule has 1 amide bonds. The van der Waals surface area contributed by atoms with Crippen LogP contribution in [-0.2, 0) is 14.8 Å². The Balaban J connectivity index is 1.45. The molecule has 0 bridgehead atoms. The van der Waals surface area contributed by atoms with E-state index in [4.69, 9.17) is 11.6 Å². The normalized spacial score (nSPS) is 16.6.